The Morgan fingerprint density at radius 1 is 1.36 bits per heavy atom. The summed E-state index contributed by atoms with van der Waals surface area (Å²) in [7, 11) is 0. The molecule has 56 valence electrons. The number of benzene rings is 1. The van der Waals surface area contributed by atoms with E-state index < -0.39 is 0 Å². The summed E-state index contributed by atoms with van der Waals surface area (Å²) in [5, 5.41) is 1.60. The molecule has 0 N–H and O–H groups in total. The Bertz CT molecular complexity index is 394. The fourth-order valence-electron chi connectivity index (χ4n) is 0.970. The summed E-state index contributed by atoms with van der Waals surface area (Å²) in [5.41, 5.74) is 0.818. The molecule has 0 saturated carbocycles. The molecule has 0 bridgehead atoms. The van der Waals surface area contributed by atoms with Crippen molar-refractivity contribution < 1.29 is 4.42 Å². The molecule has 0 aliphatic heterocycles. The first-order chi connectivity index (χ1) is 5.27. The second kappa shape index (κ2) is 2.54. The molecule has 2 aromatic rings. The van der Waals surface area contributed by atoms with E-state index in [0.29, 0.717) is 5.02 Å². The molecule has 0 aliphatic carbocycles. The Kier molecular flexibility index (Phi) is 1.66. The molecule has 1 nitrogen and oxygen atoms in total. The molecule has 2 rings (SSSR count). The molecule has 1 aromatic carbocycles. The molecule has 0 atom stereocenters. The first-order valence-corrected chi connectivity index (χ1v) is 4.27. The maximum Gasteiger partial charge on any atom is 0.135 e. The summed E-state index contributed by atoms with van der Waals surface area (Å²) in [6.07, 6.45) is 1.54. The topological polar surface area (TPSA) is 13.1 Å². The molecule has 0 radical (unpaired) electrons. The number of rotatable bonds is 0. The summed E-state index contributed by atoms with van der Waals surface area (Å²) in [6, 6.07) is 5.73. The van der Waals surface area contributed by atoms with Crippen LogP contribution in [0.2, 0.25) is 5.02 Å². The standard InChI is InChI=1S/C8H4BrClO/c9-5-1-2-8-6(3-5)7(10)4-11-8/h1-4H. The van der Waals surface area contributed by atoms with Crippen molar-refractivity contribution in [2.24, 2.45) is 0 Å². The highest BCUT2D eigenvalue weighted by atomic mass is 79.9. The highest BCUT2D eigenvalue weighted by Crippen LogP contribution is 2.27. The van der Waals surface area contributed by atoms with Crippen molar-refractivity contribution in [3.8, 4) is 0 Å². The van der Waals surface area contributed by atoms with Gasteiger partial charge >= 0.3 is 0 Å². The van der Waals surface area contributed by atoms with E-state index in [0.717, 1.165) is 15.4 Å². The molecular weight excluding hydrogens is 227 g/mol. The number of hydrogen-bond acceptors (Lipinski definition) is 1. The third-order valence-electron chi connectivity index (χ3n) is 1.49. The van der Waals surface area contributed by atoms with Crippen LogP contribution in [0.3, 0.4) is 0 Å². The molecule has 11 heavy (non-hydrogen) atoms. The monoisotopic (exact) mass is 230 g/mol. The minimum absolute atomic E-state index is 0.654. The van der Waals surface area contributed by atoms with E-state index >= 15 is 0 Å². The van der Waals surface area contributed by atoms with E-state index in [4.69, 9.17) is 16.0 Å². The minimum atomic E-state index is 0.654. The molecule has 1 heterocycles. The summed E-state index contributed by atoms with van der Waals surface area (Å²) in [5.74, 6) is 0. The van der Waals surface area contributed by atoms with Gasteiger partial charge in [-0.25, -0.2) is 0 Å². The van der Waals surface area contributed by atoms with Gasteiger partial charge in [0.15, 0.2) is 0 Å². The van der Waals surface area contributed by atoms with Gasteiger partial charge in [0.2, 0.25) is 0 Å². The molecule has 0 amide bonds. The lowest BCUT2D eigenvalue weighted by Crippen LogP contribution is -1.64. The van der Waals surface area contributed by atoms with Gasteiger partial charge in [0.25, 0.3) is 0 Å². The largest absolute Gasteiger partial charge is 0.463 e. The highest BCUT2D eigenvalue weighted by Gasteiger charge is 2.02. The van der Waals surface area contributed by atoms with Gasteiger partial charge in [0.1, 0.15) is 11.8 Å². The quantitative estimate of drug-likeness (QED) is 0.671. The van der Waals surface area contributed by atoms with Gasteiger partial charge in [0.05, 0.1) is 5.02 Å². The smallest absolute Gasteiger partial charge is 0.135 e. The van der Waals surface area contributed by atoms with Crippen molar-refractivity contribution in [2.75, 3.05) is 0 Å². The lowest BCUT2D eigenvalue weighted by molar-refractivity contribution is 0.616. The fraction of sp³-hybridized carbons (Fsp3) is 0. The predicted octanol–water partition coefficient (Wildman–Crippen LogP) is 3.85. The van der Waals surface area contributed by atoms with Crippen LogP contribution in [0.5, 0.6) is 0 Å². The SMILES string of the molecule is Clc1coc2ccc(Br)cc12. The molecule has 3 heteroatoms. The summed E-state index contributed by atoms with van der Waals surface area (Å²) in [4.78, 5) is 0. The minimum Gasteiger partial charge on any atom is -0.463 e. The first-order valence-electron chi connectivity index (χ1n) is 3.09. The Hall–Kier alpha value is -0.470. The summed E-state index contributed by atoms with van der Waals surface area (Å²) >= 11 is 9.18. The van der Waals surface area contributed by atoms with Crippen LogP contribution in [0.15, 0.2) is 33.4 Å². The molecule has 0 spiro atoms. The number of hydrogen-bond donors (Lipinski definition) is 0. The lowest BCUT2D eigenvalue weighted by Gasteiger charge is -1.88. The lowest BCUT2D eigenvalue weighted by atomic mass is 10.3. The van der Waals surface area contributed by atoms with Gasteiger partial charge in [-0.15, -0.1) is 0 Å². The van der Waals surface area contributed by atoms with E-state index in [2.05, 4.69) is 15.9 Å². The molecule has 1 aromatic heterocycles. The zero-order chi connectivity index (χ0) is 7.84. The number of fused-ring (bicyclic) bond motifs is 1. The number of halogens is 2. The summed E-state index contributed by atoms with van der Waals surface area (Å²) < 4.78 is 6.16. The molecule has 0 unspecified atom stereocenters. The third-order valence-corrected chi connectivity index (χ3v) is 2.27. The van der Waals surface area contributed by atoms with E-state index in [1.54, 1.807) is 6.26 Å². The predicted molar refractivity (Wildman–Crippen MR) is 48.9 cm³/mol. The Morgan fingerprint density at radius 3 is 3.00 bits per heavy atom. The molecule has 0 aliphatic rings. The van der Waals surface area contributed by atoms with Gasteiger partial charge in [-0.1, -0.05) is 27.5 Å². The van der Waals surface area contributed by atoms with E-state index in [1.807, 2.05) is 18.2 Å². The Labute approximate surface area is 77.1 Å². The van der Waals surface area contributed by atoms with Crippen molar-refractivity contribution >= 4 is 38.5 Å². The van der Waals surface area contributed by atoms with Crippen molar-refractivity contribution in [3.05, 3.63) is 34.0 Å². The Morgan fingerprint density at radius 2 is 2.18 bits per heavy atom. The average Bonchev–Trinajstić information content (AvgIpc) is 2.33. The van der Waals surface area contributed by atoms with Crippen LogP contribution in [-0.2, 0) is 0 Å². The highest BCUT2D eigenvalue weighted by molar-refractivity contribution is 9.10. The van der Waals surface area contributed by atoms with Crippen LogP contribution in [0.1, 0.15) is 0 Å². The fourth-order valence-corrected chi connectivity index (χ4v) is 1.52. The first kappa shape index (κ1) is 7.19. The van der Waals surface area contributed by atoms with Gasteiger partial charge in [-0.2, -0.15) is 0 Å². The zero-order valence-corrected chi connectivity index (χ0v) is 7.82. The Balaban J connectivity index is 2.87. The van der Waals surface area contributed by atoms with E-state index in [1.165, 1.54) is 0 Å². The van der Waals surface area contributed by atoms with Crippen LogP contribution in [-0.4, -0.2) is 0 Å². The zero-order valence-electron chi connectivity index (χ0n) is 5.47. The molecule has 0 saturated heterocycles. The van der Waals surface area contributed by atoms with Gasteiger partial charge in [-0.05, 0) is 18.2 Å². The molecular formula is C8H4BrClO. The van der Waals surface area contributed by atoms with E-state index in [9.17, 15) is 0 Å². The maximum absolute atomic E-state index is 5.83. The second-order valence-corrected chi connectivity index (χ2v) is 3.55. The van der Waals surface area contributed by atoms with Gasteiger partial charge in [0, 0.05) is 9.86 Å². The van der Waals surface area contributed by atoms with Gasteiger partial charge < -0.3 is 4.42 Å². The third kappa shape index (κ3) is 1.17. The second-order valence-electron chi connectivity index (χ2n) is 2.22. The van der Waals surface area contributed by atoms with Crippen molar-refractivity contribution in [1.82, 2.24) is 0 Å². The van der Waals surface area contributed by atoms with E-state index in [-0.39, 0.29) is 0 Å². The van der Waals surface area contributed by atoms with Crippen LogP contribution in [0, 0.1) is 0 Å². The normalized spacial score (nSPS) is 10.7. The van der Waals surface area contributed by atoms with Crippen LogP contribution in [0.4, 0.5) is 0 Å². The maximum atomic E-state index is 5.83. The average molecular weight is 231 g/mol. The molecule has 0 fully saturated rings. The summed E-state index contributed by atoms with van der Waals surface area (Å²) in [6.45, 7) is 0. The van der Waals surface area contributed by atoms with Crippen LogP contribution < -0.4 is 0 Å². The number of furan rings is 1. The van der Waals surface area contributed by atoms with Gasteiger partial charge in [-0.3, -0.25) is 0 Å². The van der Waals surface area contributed by atoms with Crippen molar-refractivity contribution in [1.29, 1.82) is 0 Å². The van der Waals surface area contributed by atoms with Crippen LogP contribution >= 0.6 is 27.5 Å². The van der Waals surface area contributed by atoms with Crippen molar-refractivity contribution in [2.45, 2.75) is 0 Å². The van der Waals surface area contributed by atoms with Crippen LogP contribution in [0.25, 0.3) is 11.0 Å². The van der Waals surface area contributed by atoms with Crippen molar-refractivity contribution in [3.63, 3.8) is 0 Å².